The summed E-state index contributed by atoms with van der Waals surface area (Å²) in [6.07, 6.45) is 0.396. The van der Waals surface area contributed by atoms with Crippen LogP contribution in [0.1, 0.15) is 6.42 Å². The molecular weight excluding hydrogens is 271 g/mol. The topological polar surface area (TPSA) is 72.2 Å². The van der Waals surface area contributed by atoms with Crippen LogP contribution < -0.4 is 10.5 Å². The highest BCUT2D eigenvalue weighted by Gasteiger charge is 2.12. The van der Waals surface area contributed by atoms with Crippen LogP contribution in [0.15, 0.2) is 18.2 Å². The predicted molar refractivity (Wildman–Crippen MR) is 67.5 cm³/mol. The van der Waals surface area contributed by atoms with Crippen molar-refractivity contribution in [3.63, 3.8) is 0 Å². The van der Waals surface area contributed by atoms with Gasteiger partial charge in [-0.2, -0.15) is 0 Å². The fraction of sp³-hybridized carbons (Fsp3) is 0.333. The summed E-state index contributed by atoms with van der Waals surface area (Å²) in [5.41, 5.74) is 5.53. The van der Waals surface area contributed by atoms with Crippen molar-refractivity contribution < 1.29 is 8.42 Å². The van der Waals surface area contributed by atoms with Crippen molar-refractivity contribution in [1.29, 1.82) is 0 Å². The Balaban J connectivity index is 2.84. The molecule has 90 valence electrons. The lowest BCUT2D eigenvalue weighted by Crippen LogP contribution is -2.19. The Morgan fingerprint density at radius 2 is 2.00 bits per heavy atom. The molecular formula is C9H12Cl2N2O2S. The van der Waals surface area contributed by atoms with Gasteiger partial charge in [0.25, 0.3) is 0 Å². The molecule has 0 radical (unpaired) electrons. The highest BCUT2D eigenvalue weighted by Crippen LogP contribution is 2.30. The molecule has 4 nitrogen and oxygen atoms in total. The SMILES string of the molecule is NCCCS(=O)(=O)Nc1cccc(Cl)c1Cl. The molecule has 1 rings (SSSR count). The molecule has 0 unspecified atom stereocenters. The maximum atomic E-state index is 11.6. The standard InChI is InChI=1S/C9H12Cl2N2O2S/c10-7-3-1-4-8(9(7)11)13-16(14,15)6-2-5-12/h1,3-4,13H,2,5-6,12H2. The lowest BCUT2D eigenvalue weighted by Gasteiger charge is -2.09. The number of nitrogens with two attached hydrogens (primary N) is 1. The summed E-state index contributed by atoms with van der Waals surface area (Å²) in [6, 6.07) is 4.75. The number of halogens is 2. The third-order valence-corrected chi connectivity index (χ3v) is 4.01. The Hall–Kier alpha value is -0.490. The van der Waals surface area contributed by atoms with Crippen LogP contribution >= 0.6 is 23.2 Å². The zero-order valence-corrected chi connectivity index (χ0v) is 10.7. The van der Waals surface area contributed by atoms with Crippen molar-refractivity contribution >= 4 is 38.9 Å². The van der Waals surface area contributed by atoms with Crippen molar-refractivity contribution in [2.75, 3.05) is 17.0 Å². The van der Waals surface area contributed by atoms with Crippen molar-refractivity contribution in [3.8, 4) is 0 Å². The molecule has 1 aromatic rings. The van der Waals surface area contributed by atoms with Gasteiger partial charge in [0, 0.05) is 0 Å². The van der Waals surface area contributed by atoms with Crippen LogP contribution in [0.25, 0.3) is 0 Å². The molecule has 0 aromatic heterocycles. The number of sulfonamides is 1. The van der Waals surface area contributed by atoms with Gasteiger partial charge in [0.05, 0.1) is 21.5 Å². The molecule has 0 bridgehead atoms. The van der Waals surface area contributed by atoms with Gasteiger partial charge in [-0.15, -0.1) is 0 Å². The van der Waals surface area contributed by atoms with Gasteiger partial charge in [-0.1, -0.05) is 29.3 Å². The Morgan fingerprint density at radius 1 is 1.31 bits per heavy atom. The summed E-state index contributed by atoms with van der Waals surface area (Å²) in [5, 5.41) is 0.501. The lowest BCUT2D eigenvalue weighted by atomic mass is 10.3. The number of benzene rings is 1. The maximum absolute atomic E-state index is 11.6. The van der Waals surface area contributed by atoms with Crippen LogP contribution in [0.4, 0.5) is 5.69 Å². The Morgan fingerprint density at radius 3 is 2.62 bits per heavy atom. The number of hydrogen-bond acceptors (Lipinski definition) is 3. The van der Waals surface area contributed by atoms with Gasteiger partial charge in [-0.3, -0.25) is 4.72 Å². The zero-order valence-electron chi connectivity index (χ0n) is 8.41. The van der Waals surface area contributed by atoms with Crippen molar-refractivity contribution in [1.82, 2.24) is 0 Å². The van der Waals surface area contributed by atoms with Gasteiger partial charge < -0.3 is 5.73 Å². The minimum Gasteiger partial charge on any atom is -0.330 e. The normalized spacial score (nSPS) is 11.4. The summed E-state index contributed by atoms with van der Waals surface area (Å²) in [7, 11) is -3.41. The highest BCUT2D eigenvalue weighted by atomic mass is 35.5. The average molecular weight is 283 g/mol. The summed E-state index contributed by atoms with van der Waals surface area (Å²) in [5.74, 6) is -0.0354. The molecule has 0 fully saturated rings. The largest absolute Gasteiger partial charge is 0.330 e. The van der Waals surface area contributed by atoms with E-state index in [1.54, 1.807) is 18.2 Å². The molecule has 0 amide bonds. The van der Waals surface area contributed by atoms with Crippen LogP contribution in [0.3, 0.4) is 0 Å². The van der Waals surface area contributed by atoms with Gasteiger partial charge in [0.15, 0.2) is 0 Å². The van der Waals surface area contributed by atoms with E-state index in [9.17, 15) is 8.42 Å². The molecule has 7 heteroatoms. The molecule has 16 heavy (non-hydrogen) atoms. The quantitative estimate of drug-likeness (QED) is 0.869. The van der Waals surface area contributed by atoms with E-state index in [1.807, 2.05) is 0 Å². The average Bonchev–Trinajstić information content (AvgIpc) is 2.22. The molecule has 0 spiro atoms. The number of rotatable bonds is 5. The van der Waals surface area contributed by atoms with Gasteiger partial charge >= 0.3 is 0 Å². The van der Waals surface area contributed by atoms with Crippen LogP contribution in [0.5, 0.6) is 0 Å². The molecule has 0 aliphatic rings. The summed E-state index contributed by atoms with van der Waals surface area (Å²) in [4.78, 5) is 0. The molecule has 1 aromatic carbocycles. The van der Waals surface area contributed by atoms with E-state index >= 15 is 0 Å². The van der Waals surface area contributed by atoms with Crippen molar-refractivity contribution in [2.24, 2.45) is 5.73 Å². The van der Waals surface area contributed by atoms with Gasteiger partial charge in [0.1, 0.15) is 0 Å². The fourth-order valence-electron chi connectivity index (χ4n) is 1.07. The Kier molecular flexibility index (Phi) is 4.86. The molecule has 0 heterocycles. The van der Waals surface area contributed by atoms with Crippen LogP contribution in [-0.4, -0.2) is 20.7 Å². The first-order valence-corrected chi connectivity index (χ1v) is 7.01. The second-order valence-corrected chi connectivity index (χ2v) is 5.79. The van der Waals surface area contributed by atoms with E-state index in [0.29, 0.717) is 18.0 Å². The second kappa shape index (κ2) is 5.72. The van der Waals surface area contributed by atoms with Gasteiger partial charge in [-0.25, -0.2) is 8.42 Å². The first kappa shape index (κ1) is 13.6. The summed E-state index contributed by atoms with van der Waals surface area (Å²) < 4.78 is 25.5. The molecule has 3 N–H and O–H groups in total. The first-order chi connectivity index (χ1) is 7.46. The summed E-state index contributed by atoms with van der Waals surface area (Å²) >= 11 is 11.6. The van der Waals surface area contributed by atoms with Crippen molar-refractivity contribution in [2.45, 2.75) is 6.42 Å². The van der Waals surface area contributed by atoms with E-state index in [-0.39, 0.29) is 16.5 Å². The van der Waals surface area contributed by atoms with Gasteiger partial charge in [0.2, 0.25) is 10.0 Å². The minimum absolute atomic E-state index is 0.0354. The maximum Gasteiger partial charge on any atom is 0.232 e. The van der Waals surface area contributed by atoms with Gasteiger partial charge in [-0.05, 0) is 25.1 Å². The summed E-state index contributed by atoms with van der Waals surface area (Å²) in [6.45, 7) is 0.324. The fourth-order valence-corrected chi connectivity index (χ4v) is 2.63. The minimum atomic E-state index is -3.41. The number of nitrogens with one attached hydrogen (secondary N) is 1. The Labute approximate surface area is 105 Å². The second-order valence-electron chi connectivity index (χ2n) is 3.16. The monoisotopic (exact) mass is 282 g/mol. The predicted octanol–water partition coefficient (Wildman–Crippen LogP) is 2.08. The van der Waals surface area contributed by atoms with Crippen LogP contribution in [0, 0.1) is 0 Å². The van der Waals surface area contributed by atoms with E-state index in [4.69, 9.17) is 28.9 Å². The van der Waals surface area contributed by atoms with E-state index in [1.165, 1.54) is 0 Å². The molecule has 0 atom stereocenters. The molecule has 0 aliphatic carbocycles. The van der Waals surface area contributed by atoms with Crippen LogP contribution in [0.2, 0.25) is 10.0 Å². The van der Waals surface area contributed by atoms with E-state index in [2.05, 4.69) is 4.72 Å². The third-order valence-electron chi connectivity index (χ3n) is 1.83. The van der Waals surface area contributed by atoms with E-state index < -0.39 is 10.0 Å². The first-order valence-electron chi connectivity index (χ1n) is 4.61. The van der Waals surface area contributed by atoms with Crippen LogP contribution in [-0.2, 0) is 10.0 Å². The molecule has 0 aliphatic heterocycles. The number of hydrogen-bond donors (Lipinski definition) is 2. The Bertz CT molecular complexity index is 463. The third kappa shape index (κ3) is 3.83. The smallest absolute Gasteiger partial charge is 0.232 e. The zero-order chi connectivity index (χ0) is 12.2. The highest BCUT2D eigenvalue weighted by molar-refractivity contribution is 7.92. The van der Waals surface area contributed by atoms with Crippen molar-refractivity contribution in [3.05, 3.63) is 28.2 Å². The molecule has 0 saturated carbocycles. The van der Waals surface area contributed by atoms with E-state index in [0.717, 1.165) is 0 Å². The molecule has 0 saturated heterocycles. The lowest BCUT2D eigenvalue weighted by molar-refractivity contribution is 0.599. The number of anilines is 1.